The van der Waals surface area contributed by atoms with Gasteiger partial charge in [0.05, 0.1) is 0 Å². The first kappa shape index (κ1) is 45.2. The molecule has 226 valence electrons. The average Bonchev–Trinajstić information content (AvgIpc) is 3.63. The van der Waals surface area contributed by atoms with Crippen molar-refractivity contribution in [1.29, 1.82) is 0 Å². The van der Waals surface area contributed by atoms with E-state index < -0.39 is 0 Å². The van der Waals surface area contributed by atoms with Crippen molar-refractivity contribution in [2.45, 2.75) is 39.5 Å². The quantitative estimate of drug-likeness (QED) is 0.126. The second-order valence-electron chi connectivity index (χ2n) is 9.45. The van der Waals surface area contributed by atoms with E-state index in [9.17, 15) is 0 Å². The van der Waals surface area contributed by atoms with Crippen LogP contribution >= 0.6 is 0 Å². The summed E-state index contributed by atoms with van der Waals surface area (Å²) in [5.41, 5.74) is 6.88. The Hall–Kier alpha value is -2.77. The smallest absolute Gasteiger partial charge is 0 e. The molecule has 5 aromatic rings. The molecule has 0 saturated carbocycles. The predicted molar refractivity (Wildman–Crippen MR) is 186 cm³/mol. The van der Waals surface area contributed by atoms with E-state index in [1.165, 1.54) is 36.5 Å². The van der Waals surface area contributed by atoms with Gasteiger partial charge in [-0.1, -0.05) is 49.4 Å². The van der Waals surface area contributed by atoms with Gasteiger partial charge in [0.2, 0.25) is 0 Å². The summed E-state index contributed by atoms with van der Waals surface area (Å²) in [6.07, 6.45) is 5.14. The Bertz CT molecular complexity index is 1160. The van der Waals surface area contributed by atoms with E-state index in [2.05, 4.69) is 52.0 Å². The number of hydrogen-bond acceptors (Lipinski definition) is 0. The maximum atomic E-state index is 3.72. The van der Waals surface area contributed by atoms with Crippen LogP contribution in [0.1, 0.15) is 48.1 Å². The first-order valence-electron chi connectivity index (χ1n) is 12.6. The standard InChI is InChI=1S/C16H19.2C7H7.C5H5.5CH3.Hf/c1-11(2)8-14-6-7-15-9-12-4-3-5-13(12)10-16(14)15;2*1-7-5-3-2-4-6-7;1-2-4-5-3-1;;;;;;/h6-7,9-11H,3-5,8H2,1-2H3;2*2-6H,1H2;1-5H;5*1H3;/q9*-1;. The van der Waals surface area contributed by atoms with Crippen molar-refractivity contribution < 1.29 is 25.8 Å². The molecule has 0 fully saturated rings. The van der Waals surface area contributed by atoms with Crippen molar-refractivity contribution in [3.63, 3.8) is 0 Å². The normalized spacial score (nSPS) is 9.73. The van der Waals surface area contributed by atoms with Crippen LogP contribution in [0.3, 0.4) is 0 Å². The monoisotopic (exact) mass is 713 g/mol. The number of benzene rings is 3. The van der Waals surface area contributed by atoms with E-state index in [1.54, 1.807) is 16.7 Å². The van der Waals surface area contributed by atoms with E-state index in [-0.39, 0.29) is 63.0 Å². The predicted octanol–water partition coefficient (Wildman–Crippen LogP) is 11.6. The molecule has 0 nitrogen and oxygen atoms in total. The fraction of sp³-hybridized carbons (Fsp3) is 0.175. The molecule has 0 N–H and O–H groups in total. The molecule has 0 saturated heterocycles. The molecule has 1 aliphatic rings. The number of fused-ring (bicyclic) bond motifs is 2. The van der Waals surface area contributed by atoms with Gasteiger partial charge < -0.3 is 37.1 Å². The molecule has 0 spiro atoms. The van der Waals surface area contributed by atoms with E-state index in [4.69, 9.17) is 0 Å². The van der Waals surface area contributed by atoms with Gasteiger partial charge in [0.1, 0.15) is 0 Å². The summed E-state index contributed by atoms with van der Waals surface area (Å²) in [6, 6.07) is 39.2. The van der Waals surface area contributed by atoms with Crippen LogP contribution in [-0.2, 0) is 45.1 Å². The molecule has 0 aromatic heterocycles. The molecule has 0 amide bonds. The van der Waals surface area contributed by atoms with E-state index in [0.29, 0.717) is 0 Å². The van der Waals surface area contributed by atoms with Gasteiger partial charge in [-0.2, -0.15) is 73.5 Å². The van der Waals surface area contributed by atoms with Gasteiger partial charge in [0, 0.05) is 25.8 Å². The van der Waals surface area contributed by atoms with Gasteiger partial charge >= 0.3 is 0 Å². The molecule has 0 unspecified atom stereocenters. The molecule has 1 aliphatic carbocycles. The molecule has 0 aliphatic heterocycles. The van der Waals surface area contributed by atoms with Gasteiger partial charge in [0.25, 0.3) is 0 Å². The van der Waals surface area contributed by atoms with Crippen LogP contribution in [0.5, 0.6) is 0 Å². The minimum absolute atomic E-state index is 0. The SMILES string of the molecule is CC(C)C[c-]1ccc2cc3c(cc21)CCC3.[CH2-]c1ccccc1.[CH2-]c1ccccc1.[CH3-].[CH3-].[CH3-].[CH3-].[CH3-].[Hf].c1cc[cH-]c1. The number of rotatable bonds is 2. The largest absolute Gasteiger partial charge is 0.358 e. The maximum Gasteiger partial charge on any atom is 0 e. The summed E-state index contributed by atoms with van der Waals surface area (Å²) in [4.78, 5) is 0. The number of aryl methyl sites for hydroxylation is 2. The summed E-state index contributed by atoms with van der Waals surface area (Å²) in [5.74, 6) is 0.749. The fourth-order valence-electron chi connectivity index (χ4n) is 4.23. The van der Waals surface area contributed by atoms with Crippen molar-refractivity contribution in [1.82, 2.24) is 0 Å². The summed E-state index contributed by atoms with van der Waals surface area (Å²) in [7, 11) is 0. The van der Waals surface area contributed by atoms with Crippen molar-refractivity contribution >= 4 is 10.8 Å². The van der Waals surface area contributed by atoms with Crippen LogP contribution in [0, 0.1) is 56.9 Å². The average molecular weight is 712 g/mol. The van der Waals surface area contributed by atoms with Crippen molar-refractivity contribution in [3.05, 3.63) is 194 Å². The number of hydrogen-bond donors (Lipinski definition) is 0. The Kier molecular flexibility index (Phi) is 27.6. The Morgan fingerprint density at radius 1 is 0.683 bits per heavy atom. The first-order chi connectivity index (χ1) is 17.0. The second-order valence-corrected chi connectivity index (χ2v) is 9.45. The molecule has 0 radical (unpaired) electrons. The molecule has 5 aromatic carbocycles. The Labute approximate surface area is 274 Å². The maximum absolute atomic E-state index is 3.72. The topological polar surface area (TPSA) is 0 Å². The third kappa shape index (κ3) is 16.3. The minimum atomic E-state index is 0. The minimum Gasteiger partial charge on any atom is -0.358 e. The van der Waals surface area contributed by atoms with Gasteiger partial charge in [-0.05, 0) is 19.3 Å². The zero-order chi connectivity index (χ0) is 24.9. The molecule has 0 atom stereocenters. The zero-order valence-electron chi connectivity index (χ0n) is 26.8. The Morgan fingerprint density at radius 2 is 1.15 bits per heavy atom. The van der Waals surface area contributed by atoms with E-state index in [0.717, 1.165) is 17.0 Å². The van der Waals surface area contributed by atoms with Gasteiger partial charge in [-0.3, -0.25) is 0 Å². The van der Waals surface area contributed by atoms with Crippen molar-refractivity contribution in [2.24, 2.45) is 5.92 Å². The summed E-state index contributed by atoms with van der Waals surface area (Å²) < 4.78 is 0. The van der Waals surface area contributed by atoms with Crippen LogP contribution in [0.2, 0.25) is 0 Å². The third-order valence-electron chi connectivity index (χ3n) is 5.94. The Balaban J connectivity index is -0.000000235. The third-order valence-corrected chi connectivity index (χ3v) is 5.94. The molecule has 41 heavy (non-hydrogen) atoms. The summed E-state index contributed by atoms with van der Waals surface area (Å²) in [6.45, 7) is 12.0. The van der Waals surface area contributed by atoms with Crippen LogP contribution in [0.25, 0.3) is 10.8 Å². The van der Waals surface area contributed by atoms with Crippen molar-refractivity contribution in [2.75, 3.05) is 0 Å². The van der Waals surface area contributed by atoms with Crippen LogP contribution in [-0.4, -0.2) is 0 Å². The summed E-state index contributed by atoms with van der Waals surface area (Å²) >= 11 is 0. The van der Waals surface area contributed by atoms with E-state index >= 15 is 0 Å². The van der Waals surface area contributed by atoms with Gasteiger partial charge in [0.15, 0.2) is 0 Å². The van der Waals surface area contributed by atoms with E-state index in [1.807, 2.05) is 91.0 Å². The fourth-order valence-corrected chi connectivity index (χ4v) is 4.23. The molecule has 6 rings (SSSR count). The van der Waals surface area contributed by atoms with Crippen molar-refractivity contribution in [3.8, 4) is 0 Å². The van der Waals surface area contributed by atoms with Crippen LogP contribution in [0.4, 0.5) is 0 Å². The van der Waals surface area contributed by atoms with Crippen LogP contribution < -0.4 is 0 Å². The van der Waals surface area contributed by atoms with Gasteiger partial charge in [-0.15, -0.1) is 58.8 Å². The summed E-state index contributed by atoms with van der Waals surface area (Å²) in [5, 5.41) is 2.96. The Morgan fingerprint density at radius 3 is 1.51 bits per heavy atom. The first-order valence-corrected chi connectivity index (χ1v) is 12.6. The second kappa shape index (κ2) is 25.0. The molecule has 0 bridgehead atoms. The molecule has 0 heterocycles. The molecule has 1 heteroatoms. The zero-order valence-corrected chi connectivity index (χ0v) is 30.4. The molecular weight excluding hydrogens is 659 g/mol. The molecular formula is C40H53Hf-9. The van der Waals surface area contributed by atoms with Gasteiger partial charge in [-0.25, -0.2) is 12.1 Å². The van der Waals surface area contributed by atoms with Crippen LogP contribution in [0.15, 0.2) is 115 Å².